The van der Waals surface area contributed by atoms with Gasteiger partial charge in [0.1, 0.15) is 16.9 Å². The molecule has 1 heterocycles. The quantitative estimate of drug-likeness (QED) is 0.809. The van der Waals surface area contributed by atoms with Crippen molar-refractivity contribution in [2.45, 2.75) is 57.6 Å². The van der Waals surface area contributed by atoms with Crippen molar-refractivity contribution in [2.75, 3.05) is 0 Å². The third kappa shape index (κ3) is 4.57. The largest absolute Gasteiger partial charge is 0.446 e. The first kappa shape index (κ1) is 17.9. The SMILES string of the molecule is CC(C)(NC(=O)OC1CCCCC1)c1csc(-c2ccc(F)cc2)n1. The summed E-state index contributed by atoms with van der Waals surface area (Å²) in [5.41, 5.74) is 0.983. The van der Waals surface area contributed by atoms with Crippen molar-refractivity contribution in [1.29, 1.82) is 0 Å². The number of alkyl carbamates (subject to hydrolysis) is 1. The van der Waals surface area contributed by atoms with Gasteiger partial charge >= 0.3 is 6.09 Å². The predicted molar refractivity (Wildman–Crippen MR) is 97.0 cm³/mol. The standard InChI is InChI=1S/C19H23FN2O2S/c1-19(2,22-18(23)24-15-6-4-3-5-7-15)16-12-25-17(21-16)13-8-10-14(20)11-9-13/h8-12,15H,3-7H2,1-2H3,(H,22,23). The highest BCUT2D eigenvalue weighted by molar-refractivity contribution is 7.13. The maximum Gasteiger partial charge on any atom is 0.408 e. The van der Waals surface area contributed by atoms with Gasteiger partial charge in [0, 0.05) is 10.9 Å². The molecule has 0 atom stereocenters. The molecule has 3 rings (SSSR count). The van der Waals surface area contributed by atoms with E-state index >= 15 is 0 Å². The van der Waals surface area contributed by atoms with Crippen molar-refractivity contribution < 1.29 is 13.9 Å². The predicted octanol–water partition coefficient (Wildman–Crippen LogP) is 5.24. The number of benzene rings is 1. The van der Waals surface area contributed by atoms with Crippen molar-refractivity contribution >= 4 is 17.4 Å². The molecule has 1 amide bonds. The van der Waals surface area contributed by atoms with Crippen LogP contribution in [0.2, 0.25) is 0 Å². The van der Waals surface area contributed by atoms with Crippen LogP contribution in [0.25, 0.3) is 10.6 Å². The molecule has 0 bridgehead atoms. The Labute approximate surface area is 151 Å². The molecule has 6 heteroatoms. The maximum atomic E-state index is 13.1. The molecule has 0 saturated heterocycles. The fraction of sp³-hybridized carbons (Fsp3) is 0.474. The zero-order valence-corrected chi connectivity index (χ0v) is 15.4. The van der Waals surface area contributed by atoms with Gasteiger partial charge in [0.2, 0.25) is 0 Å². The molecule has 25 heavy (non-hydrogen) atoms. The number of hydrogen-bond donors (Lipinski definition) is 1. The number of carbonyl (C=O) groups is 1. The molecule has 0 aliphatic heterocycles. The smallest absolute Gasteiger partial charge is 0.408 e. The van der Waals surface area contributed by atoms with Crippen LogP contribution in [0.3, 0.4) is 0 Å². The molecule has 1 aliphatic rings. The van der Waals surface area contributed by atoms with E-state index in [-0.39, 0.29) is 11.9 Å². The Bertz CT molecular complexity index is 721. The molecule has 1 aromatic heterocycles. The molecule has 0 spiro atoms. The third-order valence-electron chi connectivity index (χ3n) is 4.48. The number of ether oxygens (including phenoxy) is 1. The Morgan fingerprint density at radius 1 is 1.24 bits per heavy atom. The van der Waals surface area contributed by atoms with E-state index in [0.29, 0.717) is 0 Å². The van der Waals surface area contributed by atoms with E-state index in [1.54, 1.807) is 12.1 Å². The Morgan fingerprint density at radius 2 is 1.92 bits per heavy atom. The first-order chi connectivity index (χ1) is 11.9. The molecule has 4 nitrogen and oxygen atoms in total. The second kappa shape index (κ2) is 7.52. The Morgan fingerprint density at radius 3 is 2.60 bits per heavy atom. The van der Waals surface area contributed by atoms with E-state index in [4.69, 9.17) is 4.74 Å². The molecule has 1 saturated carbocycles. The van der Waals surface area contributed by atoms with Crippen molar-refractivity contribution in [3.05, 3.63) is 41.2 Å². The Balaban J connectivity index is 1.65. The molecule has 0 unspecified atom stereocenters. The van der Waals surface area contributed by atoms with Crippen molar-refractivity contribution in [3.8, 4) is 10.6 Å². The normalized spacial score (nSPS) is 15.8. The first-order valence-electron chi connectivity index (χ1n) is 8.65. The van der Waals surface area contributed by atoms with Gasteiger partial charge in [-0.25, -0.2) is 14.2 Å². The summed E-state index contributed by atoms with van der Waals surface area (Å²) in [6, 6.07) is 6.24. The molecule has 1 fully saturated rings. The number of amides is 1. The molecule has 134 valence electrons. The van der Waals surface area contributed by atoms with E-state index in [1.165, 1.54) is 29.9 Å². The summed E-state index contributed by atoms with van der Waals surface area (Å²) in [4.78, 5) is 16.8. The minimum Gasteiger partial charge on any atom is -0.446 e. The van der Waals surface area contributed by atoms with Gasteiger partial charge in [0.25, 0.3) is 0 Å². The molecule has 0 radical (unpaired) electrons. The highest BCUT2D eigenvalue weighted by atomic mass is 32.1. The summed E-state index contributed by atoms with van der Waals surface area (Å²) in [7, 11) is 0. The molecular formula is C19H23FN2O2S. The van der Waals surface area contributed by atoms with Crippen LogP contribution in [0.4, 0.5) is 9.18 Å². The lowest BCUT2D eigenvalue weighted by atomic mass is 9.98. The van der Waals surface area contributed by atoms with Crippen LogP contribution in [0.1, 0.15) is 51.6 Å². The lowest BCUT2D eigenvalue weighted by Crippen LogP contribution is -2.43. The molecule has 1 N–H and O–H groups in total. The summed E-state index contributed by atoms with van der Waals surface area (Å²) < 4.78 is 18.6. The fourth-order valence-electron chi connectivity index (χ4n) is 2.97. The van der Waals surface area contributed by atoms with Gasteiger partial charge in [0.15, 0.2) is 0 Å². The van der Waals surface area contributed by atoms with E-state index in [1.807, 2.05) is 19.2 Å². The summed E-state index contributed by atoms with van der Waals surface area (Å²) in [5.74, 6) is -0.270. The number of nitrogens with zero attached hydrogens (tertiary/aromatic N) is 1. The zero-order valence-electron chi connectivity index (χ0n) is 14.5. The van der Waals surface area contributed by atoms with Gasteiger partial charge in [-0.3, -0.25) is 0 Å². The molecule has 2 aromatic rings. The minimum absolute atomic E-state index is 0.0229. The summed E-state index contributed by atoms with van der Waals surface area (Å²) >= 11 is 1.47. The number of carbonyl (C=O) groups excluding carboxylic acids is 1. The van der Waals surface area contributed by atoms with Crippen LogP contribution in [0, 0.1) is 5.82 Å². The van der Waals surface area contributed by atoms with Crippen LogP contribution in [-0.4, -0.2) is 17.2 Å². The van der Waals surface area contributed by atoms with E-state index in [2.05, 4.69) is 10.3 Å². The monoisotopic (exact) mass is 362 g/mol. The van der Waals surface area contributed by atoms with Crippen LogP contribution < -0.4 is 5.32 Å². The minimum atomic E-state index is -0.638. The maximum absolute atomic E-state index is 13.1. The first-order valence-corrected chi connectivity index (χ1v) is 9.53. The van der Waals surface area contributed by atoms with Crippen molar-refractivity contribution in [3.63, 3.8) is 0 Å². The van der Waals surface area contributed by atoms with Gasteiger partial charge in [-0.15, -0.1) is 11.3 Å². The van der Waals surface area contributed by atoms with Crippen LogP contribution >= 0.6 is 11.3 Å². The van der Waals surface area contributed by atoms with Crippen LogP contribution in [0.5, 0.6) is 0 Å². The lowest BCUT2D eigenvalue weighted by Gasteiger charge is -2.27. The lowest BCUT2D eigenvalue weighted by molar-refractivity contribution is 0.0689. The summed E-state index contributed by atoms with van der Waals surface area (Å²) in [6.07, 6.45) is 4.97. The van der Waals surface area contributed by atoms with Crippen molar-refractivity contribution in [2.24, 2.45) is 0 Å². The highest BCUT2D eigenvalue weighted by Crippen LogP contribution is 2.29. The summed E-state index contributed by atoms with van der Waals surface area (Å²) in [5, 5.41) is 5.63. The summed E-state index contributed by atoms with van der Waals surface area (Å²) in [6.45, 7) is 3.80. The van der Waals surface area contributed by atoms with Crippen LogP contribution in [0.15, 0.2) is 29.6 Å². The number of hydrogen-bond acceptors (Lipinski definition) is 4. The molecular weight excluding hydrogens is 339 g/mol. The van der Waals surface area contributed by atoms with E-state index < -0.39 is 11.6 Å². The van der Waals surface area contributed by atoms with Gasteiger partial charge < -0.3 is 10.1 Å². The number of aromatic nitrogens is 1. The topological polar surface area (TPSA) is 51.2 Å². The average molecular weight is 362 g/mol. The number of thiazole rings is 1. The average Bonchev–Trinajstić information content (AvgIpc) is 3.07. The second-order valence-electron chi connectivity index (χ2n) is 6.96. The Hall–Kier alpha value is -1.95. The van der Waals surface area contributed by atoms with Crippen molar-refractivity contribution in [1.82, 2.24) is 10.3 Å². The van der Waals surface area contributed by atoms with Gasteiger partial charge in [-0.05, 0) is 63.8 Å². The van der Waals surface area contributed by atoms with Gasteiger partial charge in [0.05, 0.1) is 11.2 Å². The van der Waals surface area contributed by atoms with Crippen LogP contribution in [-0.2, 0) is 10.3 Å². The Kier molecular flexibility index (Phi) is 5.37. The second-order valence-corrected chi connectivity index (χ2v) is 7.82. The van der Waals surface area contributed by atoms with Gasteiger partial charge in [-0.2, -0.15) is 0 Å². The molecule has 1 aliphatic carbocycles. The number of halogens is 1. The van der Waals surface area contributed by atoms with E-state index in [9.17, 15) is 9.18 Å². The number of nitrogens with one attached hydrogen (secondary N) is 1. The molecule has 1 aromatic carbocycles. The van der Waals surface area contributed by atoms with Gasteiger partial charge in [-0.1, -0.05) is 6.42 Å². The fourth-order valence-corrected chi connectivity index (χ4v) is 3.96. The zero-order chi connectivity index (χ0) is 17.9. The van der Waals surface area contributed by atoms with E-state index in [0.717, 1.165) is 41.9 Å². The third-order valence-corrected chi connectivity index (χ3v) is 5.37. The highest BCUT2D eigenvalue weighted by Gasteiger charge is 2.28. The number of rotatable bonds is 4.